The molecule has 5 atom stereocenters. The van der Waals surface area contributed by atoms with Crippen LogP contribution in [0.15, 0.2) is 27.5 Å². The van der Waals surface area contributed by atoms with Crippen molar-refractivity contribution in [1.29, 1.82) is 0 Å². The highest BCUT2D eigenvalue weighted by Gasteiger charge is 2.31. The SMILES string of the molecule is C[C@H](NC(=O)[C@@H](N)CCCN=C(N)N)C(=O)N[C@@H](CCCN=C(N)N)C(=O)N[C@@H](Cc1cnc[nH]1)C(=O)N[C@@H](CCCN=C(N)N)C(=O)O. The first-order valence-electron chi connectivity index (χ1n) is 15.4. The van der Waals surface area contributed by atoms with E-state index in [0.717, 1.165) is 0 Å². The molecule has 0 saturated heterocycles. The summed E-state index contributed by atoms with van der Waals surface area (Å²) in [6.45, 7) is 1.94. The summed E-state index contributed by atoms with van der Waals surface area (Å²) in [5, 5.41) is 19.8. The maximum atomic E-state index is 13.6. The molecule has 49 heavy (non-hydrogen) atoms. The molecule has 1 aromatic heterocycles. The fourth-order valence-electron chi connectivity index (χ4n) is 4.24. The quantitative estimate of drug-likeness (QED) is 0.0289. The monoisotopic (exact) mass is 694 g/mol. The maximum Gasteiger partial charge on any atom is 0.326 e. The Morgan fingerprint density at radius 2 is 1.18 bits per heavy atom. The first-order valence-corrected chi connectivity index (χ1v) is 15.4. The number of carboxylic acid groups (broad SMARTS) is 1. The Bertz CT molecular complexity index is 1310. The summed E-state index contributed by atoms with van der Waals surface area (Å²) >= 11 is 0. The van der Waals surface area contributed by atoms with Gasteiger partial charge in [0.15, 0.2) is 17.9 Å². The van der Waals surface area contributed by atoms with Crippen molar-refractivity contribution in [2.75, 3.05) is 19.6 Å². The van der Waals surface area contributed by atoms with Gasteiger partial charge in [0.2, 0.25) is 23.6 Å². The number of H-pyrrole nitrogens is 1. The van der Waals surface area contributed by atoms with Gasteiger partial charge in [0.1, 0.15) is 24.2 Å². The number of aromatic amines is 1. The van der Waals surface area contributed by atoms with Crippen LogP contribution >= 0.6 is 0 Å². The number of nitrogens with zero attached hydrogens (tertiary/aromatic N) is 4. The summed E-state index contributed by atoms with van der Waals surface area (Å²) < 4.78 is 0. The second-order valence-corrected chi connectivity index (χ2v) is 11.0. The zero-order valence-corrected chi connectivity index (χ0v) is 27.4. The predicted octanol–water partition coefficient (Wildman–Crippen LogP) is -5.52. The highest BCUT2D eigenvalue weighted by atomic mass is 16.4. The predicted molar refractivity (Wildman–Crippen MR) is 181 cm³/mol. The summed E-state index contributed by atoms with van der Waals surface area (Å²) in [5.74, 6) is -4.63. The molecule has 22 heteroatoms. The van der Waals surface area contributed by atoms with Gasteiger partial charge in [-0.15, -0.1) is 0 Å². The van der Waals surface area contributed by atoms with Crippen molar-refractivity contribution in [3.8, 4) is 0 Å². The molecule has 0 aliphatic rings. The molecule has 0 aliphatic heterocycles. The van der Waals surface area contributed by atoms with Crippen LogP contribution in [0.2, 0.25) is 0 Å². The van der Waals surface area contributed by atoms with E-state index in [9.17, 15) is 29.1 Å². The van der Waals surface area contributed by atoms with E-state index in [2.05, 4.69) is 46.2 Å². The van der Waals surface area contributed by atoms with Crippen LogP contribution in [0.4, 0.5) is 0 Å². The van der Waals surface area contributed by atoms with Gasteiger partial charge in [0.25, 0.3) is 0 Å². The number of aliphatic carboxylic acids is 1. The molecule has 1 heterocycles. The molecule has 0 fully saturated rings. The average Bonchev–Trinajstić information content (AvgIpc) is 3.54. The number of amides is 4. The molecule has 0 bridgehead atoms. The molecular weight excluding hydrogens is 644 g/mol. The summed E-state index contributed by atoms with van der Waals surface area (Å²) in [7, 11) is 0. The molecule has 0 saturated carbocycles. The van der Waals surface area contributed by atoms with E-state index in [0.29, 0.717) is 12.1 Å². The molecule has 1 aromatic rings. The zero-order chi connectivity index (χ0) is 36.9. The van der Waals surface area contributed by atoms with Crippen molar-refractivity contribution in [1.82, 2.24) is 31.2 Å². The van der Waals surface area contributed by atoms with Crippen LogP contribution in [0.1, 0.15) is 51.1 Å². The Hall–Kier alpha value is -5.67. The summed E-state index contributed by atoms with van der Waals surface area (Å²) in [6.07, 6.45) is 3.88. The van der Waals surface area contributed by atoms with Crippen molar-refractivity contribution in [3.63, 3.8) is 0 Å². The minimum absolute atomic E-state index is 0.00438. The van der Waals surface area contributed by atoms with Gasteiger partial charge in [-0.1, -0.05) is 0 Å². The number of carbonyl (C=O) groups is 5. The van der Waals surface area contributed by atoms with Gasteiger partial charge >= 0.3 is 5.97 Å². The van der Waals surface area contributed by atoms with E-state index in [4.69, 9.17) is 40.1 Å². The molecule has 0 aliphatic carbocycles. The van der Waals surface area contributed by atoms with E-state index in [1.165, 1.54) is 19.4 Å². The zero-order valence-electron chi connectivity index (χ0n) is 27.4. The Kier molecular flexibility index (Phi) is 18.6. The first-order chi connectivity index (χ1) is 23.1. The number of carboxylic acids is 1. The van der Waals surface area contributed by atoms with Crippen molar-refractivity contribution in [2.45, 2.75) is 82.1 Å². The Morgan fingerprint density at radius 3 is 1.67 bits per heavy atom. The van der Waals surface area contributed by atoms with E-state index < -0.39 is 59.8 Å². The highest BCUT2D eigenvalue weighted by molar-refractivity contribution is 5.95. The van der Waals surface area contributed by atoms with Crippen molar-refractivity contribution < 1.29 is 29.1 Å². The third kappa shape index (κ3) is 17.7. The minimum atomic E-state index is -1.32. The molecule has 0 spiro atoms. The van der Waals surface area contributed by atoms with E-state index >= 15 is 0 Å². The number of nitrogens with one attached hydrogen (secondary N) is 5. The summed E-state index contributed by atoms with van der Waals surface area (Å²) in [6, 6.07) is -5.89. The minimum Gasteiger partial charge on any atom is -0.480 e. The third-order valence-corrected chi connectivity index (χ3v) is 6.81. The smallest absolute Gasteiger partial charge is 0.326 e. The molecule has 274 valence electrons. The van der Waals surface area contributed by atoms with Crippen LogP contribution in [0.3, 0.4) is 0 Å². The van der Waals surface area contributed by atoms with Crippen LogP contribution in [0, 0.1) is 0 Å². The number of aliphatic imine (C=N–C) groups is 3. The van der Waals surface area contributed by atoms with Gasteiger partial charge < -0.3 is 71.5 Å². The van der Waals surface area contributed by atoms with Crippen molar-refractivity contribution >= 4 is 47.5 Å². The Labute approximate surface area is 282 Å². The van der Waals surface area contributed by atoms with Crippen LogP contribution < -0.4 is 61.4 Å². The lowest BCUT2D eigenvalue weighted by Gasteiger charge is -2.25. The molecule has 0 radical (unpaired) electrons. The topological polar surface area (TPSA) is 402 Å². The molecule has 0 aromatic carbocycles. The highest BCUT2D eigenvalue weighted by Crippen LogP contribution is 2.06. The summed E-state index contributed by atoms with van der Waals surface area (Å²) in [4.78, 5) is 82.8. The standard InChI is InChI=1S/C27H50N16O6/c1-14(40-21(45)16(28)5-2-8-36-25(29)30)20(44)41-17(6-3-9-37-26(31)32)22(46)43-19(11-15-12-35-13-39-15)23(47)42-18(24(48)49)7-4-10-38-27(33)34/h12-14,16-19H,2-11,28H2,1H3,(H,35,39)(H,40,45)(H,41,44)(H,42,47)(H,43,46)(H,48,49)(H4,29,30,36)(H4,31,32,37)(H4,33,34,38)/t14-,16-,17-,18-,19-/m0/s1. The average molecular weight is 695 g/mol. The first kappa shape index (κ1) is 41.4. The molecule has 1 rings (SSSR count). The normalized spacial score (nSPS) is 13.7. The Morgan fingerprint density at radius 1 is 0.714 bits per heavy atom. The summed E-state index contributed by atoms with van der Waals surface area (Å²) in [5.41, 5.74) is 38.3. The molecule has 4 amide bonds. The number of hydrogen-bond acceptors (Lipinski definition) is 10. The van der Waals surface area contributed by atoms with Crippen molar-refractivity contribution in [3.05, 3.63) is 18.2 Å². The van der Waals surface area contributed by atoms with Gasteiger partial charge in [-0.05, 0) is 45.4 Å². The van der Waals surface area contributed by atoms with E-state index in [1.807, 2.05) is 0 Å². The van der Waals surface area contributed by atoms with Crippen LogP contribution in [0.5, 0.6) is 0 Å². The molecule has 22 nitrogen and oxygen atoms in total. The second-order valence-electron chi connectivity index (χ2n) is 11.0. The van der Waals surface area contributed by atoms with Gasteiger partial charge in [-0.3, -0.25) is 34.2 Å². The fourth-order valence-corrected chi connectivity index (χ4v) is 4.24. The van der Waals surface area contributed by atoms with Crippen LogP contribution in [-0.4, -0.2) is 112 Å². The number of nitrogens with two attached hydrogens (primary N) is 7. The molecule has 0 unspecified atom stereocenters. The lowest BCUT2D eigenvalue weighted by atomic mass is 10.1. The Balaban J connectivity index is 3.07. The van der Waals surface area contributed by atoms with Crippen LogP contribution in [0.25, 0.3) is 0 Å². The van der Waals surface area contributed by atoms with E-state index in [-0.39, 0.29) is 76.0 Å². The lowest BCUT2D eigenvalue weighted by molar-refractivity contribution is -0.142. The maximum absolute atomic E-state index is 13.6. The van der Waals surface area contributed by atoms with E-state index in [1.54, 1.807) is 0 Å². The largest absolute Gasteiger partial charge is 0.480 e. The lowest BCUT2D eigenvalue weighted by Crippen LogP contribution is -2.58. The number of carbonyl (C=O) groups excluding carboxylic acids is 4. The van der Waals surface area contributed by atoms with Crippen molar-refractivity contribution in [2.24, 2.45) is 55.1 Å². The van der Waals surface area contributed by atoms with Gasteiger partial charge in [0, 0.05) is 37.9 Å². The van der Waals surface area contributed by atoms with Gasteiger partial charge in [-0.25, -0.2) is 9.78 Å². The molecular formula is C27H50N16O6. The third-order valence-electron chi connectivity index (χ3n) is 6.81. The van der Waals surface area contributed by atoms with Gasteiger partial charge in [-0.2, -0.15) is 0 Å². The molecule has 20 N–H and O–H groups in total. The van der Waals surface area contributed by atoms with Crippen LogP contribution in [-0.2, 0) is 30.4 Å². The number of aromatic nitrogens is 2. The number of rotatable bonds is 23. The number of guanidine groups is 3. The second kappa shape index (κ2) is 22.0. The fraction of sp³-hybridized carbons (Fsp3) is 0.593. The number of imidazole rings is 1. The van der Waals surface area contributed by atoms with Gasteiger partial charge in [0.05, 0.1) is 12.4 Å². The number of hydrogen-bond donors (Lipinski definition) is 13.